The van der Waals surface area contributed by atoms with E-state index in [1.54, 1.807) is 19.3 Å². The fourth-order valence-corrected chi connectivity index (χ4v) is 3.98. The van der Waals surface area contributed by atoms with E-state index in [4.69, 9.17) is 0 Å². The molecule has 0 saturated carbocycles. The molecule has 0 radical (unpaired) electrons. The normalized spacial score (nSPS) is 24.8. The first-order chi connectivity index (χ1) is 12.3. The fraction of sp³-hybridized carbons (Fsp3) is 0.421. The number of nitrogens with zero attached hydrogens (tertiary/aromatic N) is 3. The molecule has 1 aliphatic heterocycles. The van der Waals surface area contributed by atoms with E-state index in [0.717, 1.165) is 22.6 Å². The van der Waals surface area contributed by atoms with Gasteiger partial charge in [-0.3, -0.25) is 0 Å². The Morgan fingerprint density at radius 3 is 2.69 bits per heavy atom. The van der Waals surface area contributed by atoms with E-state index >= 15 is 0 Å². The van der Waals surface area contributed by atoms with Gasteiger partial charge in [-0.25, -0.2) is 19.1 Å². The molecule has 2 aromatic rings. The molecule has 2 heterocycles. The third kappa shape index (κ3) is 2.68. The maximum Gasteiger partial charge on any atom is 0.407 e. The van der Waals surface area contributed by atoms with Crippen LogP contribution in [0, 0.1) is 0 Å². The van der Waals surface area contributed by atoms with Gasteiger partial charge in [-0.1, -0.05) is 0 Å². The highest BCUT2D eigenvalue weighted by Crippen LogP contribution is 2.45. The van der Waals surface area contributed by atoms with Crippen LogP contribution in [-0.4, -0.2) is 51.6 Å². The zero-order valence-electron chi connectivity index (χ0n) is 15.6. The molecule has 3 atom stereocenters. The number of carboxylic acid groups (broad SMARTS) is 1. The zero-order chi connectivity index (χ0) is 19.1. The first-order valence-electron chi connectivity index (χ1n) is 8.81. The maximum absolute atomic E-state index is 12.5. The SMILES string of the molecule is CCN(C(=O)O)[C@@H]1C[C@H](C)[N+](C)(C(C)=O)c2ccc(-c3ncc[nH]3)cc21. The summed E-state index contributed by atoms with van der Waals surface area (Å²) in [4.78, 5) is 33.1. The number of fused-ring (bicyclic) bond motifs is 1. The van der Waals surface area contributed by atoms with Crippen LogP contribution >= 0.6 is 0 Å². The number of rotatable bonds is 3. The second-order valence-electron chi connectivity index (χ2n) is 6.97. The summed E-state index contributed by atoms with van der Waals surface area (Å²) in [5.74, 6) is 0.766. The van der Waals surface area contributed by atoms with Crippen LogP contribution in [0.4, 0.5) is 10.5 Å². The summed E-state index contributed by atoms with van der Waals surface area (Å²) in [5.41, 5.74) is 2.61. The van der Waals surface area contributed by atoms with Crippen LogP contribution in [0.2, 0.25) is 0 Å². The lowest BCUT2D eigenvalue weighted by Gasteiger charge is -2.45. The molecule has 7 nitrogen and oxygen atoms in total. The van der Waals surface area contributed by atoms with Crippen molar-refractivity contribution in [1.82, 2.24) is 19.4 Å². The Bertz CT molecular complexity index is 833. The van der Waals surface area contributed by atoms with E-state index in [-0.39, 0.29) is 22.5 Å². The van der Waals surface area contributed by atoms with Crippen LogP contribution in [0.1, 0.15) is 38.8 Å². The molecule has 1 aliphatic rings. The lowest BCUT2D eigenvalue weighted by Crippen LogP contribution is -2.60. The predicted molar refractivity (Wildman–Crippen MR) is 99.6 cm³/mol. The molecule has 1 unspecified atom stereocenters. The third-order valence-corrected chi connectivity index (χ3v) is 5.72. The van der Waals surface area contributed by atoms with Crippen LogP contribution in [0.5, 0.6) is 0 Å². The van der Waals surface area contributed by atoms with Crippen LogP contribution in [-0.2, 0) is 4.79 Å². The Hall–Kier alpha value is -2.67. The predicted octanol–water partition coefficient (Wildman–Crippen LogP) is 3.39. The first-order valence-corrected chi connectivity index (χ1v) is 8.81. The number of benzene rings is 1. The molecule has 0 spiro atoms. The Kier molecular flexibility index (Phi) is 4.58. The standard InChI is InChI=1S/C19H24N4O3/c1-5-22(19(25)26)16-10-12(2)23(4,13(3)24)17-7-6-14(11-15(16)17)18-20-8-9-21-18/h6-9,11-12,16H,5,10H2,1-4H3,(H-,20,21,25,26)/p+1/t12-,16+,23?/m0/s1. The molecule has 2 N–H and O–H groups in total. The smallest absolute Gasteiger partial charge is 0.407 e. The largest absolute Gasteiger partial charge is 0.465 e. The van der Waals surface area contributed by atoms with Crippen molar-refractivity contribution < 1.29 is 14.7 Å². The summed E-state index contributed by atoms with van der Waals surface area (Å²) in [5, 5.41) is 9.67. The number of amides is 2. The van der Waals surface area contributed by atoms with Gasteiger partial charge in [0.2, 0.25) is 0 Å². The topological polar surface area (TPSA) is 86.3 Å². The van der Waals surface area contributed by atoms with Crippen LogP contribution in [0.3, 0.4) is 0 Å². The number of nitrogens with one attached hydrogen (secondary N) is 1. The fourth-order valence-electron chi connectivity index (χ4n) is 3.98. The van der Waals surface area contributed by atoms with E-state index in [1.807, 2.05) is 39.1 Å². The Balaban J connectivity index is 2.22. The van der Waals surface area contributed by atoms with Gasteiger partial charge in [-0.05, 0) is 26.0 Å². The quantitative estimate of drug-likeness (QED) is 0.825. The second-order valence-corrected chi connectivity index (χ2v) is 6.97. The first kappa shape index (κ1) is 18.1. The van der Waals surface area contributed by atoms with Gasteiger partial charge in [0.15, 0.2) is 0 Å². The van der Waals surface area contributed by atoms with Gasteiger partial charge in [-0.15, -0.1) is 0 Å². The van der Waals surface area contributed by atoms with Crippen LogP contribution in [0.25, 0.3) is 11.4 Å². The number of hydrogen-bond acceptors (Lipinski definition) is 3. The summed E-state index contributed by atoms with van der Waals surface area (Å²) in [6, 6.07) is 5.53. The van der Waals surface area contributed by atoms with Gasteiger partial charge in [0.25, 0.3) is 0 Å². The molecule has 0 aliphatic carbocycles. The number of hydrogen-bond donors (Lipinski definition) is 2. The van der Waals surface area contributed by atoms with E-state index in [9.17, 15) is 14.7 Å². The highest BCUT2D eigenvalue weighted by atomic mass is 16.4. The Morgan fingerprint density at radius 2 is 2.15 bits per heavy atom. The van der Waals surface area contributed by atoms with Crippen LogP contribution in [0.15, 0.2) is 30.6 Å². The molecule has 1 aromatic heterocycles. The number of carbonyl (C=O) groups excluding carboxylic acids is 1. The molecule has 0 bridgehead atoms. The summed E-state index contributed by atoms with van der Waals surface area (Å²) in [7, 11) is 1.91. The number of aromatic amines is 1. The Morgan fingerprint density at radius 1 is 1.42 bits per heavy atom. The number of imidazole rings is 1. The summed E-state index contributed by atoms with van der Waals surface area (Å²) < 4.78 is 0.168. The number of H-pyrrole nitrogens is 1. The van der Waals surface area contributed by atoms with Gasteiger partial charge in [-0.2, -0.15) is 0 Å². The van der Waals surface area contributed by atoms with E-state index in [2.05, 4.69) is 9.97 Å². The molecule has 0 fully saturated rings. The van der Waals surface area contributed by atoms with Gasteiger partial charge in [0.05, 0.1) is 26.1 Å². The molecule has 1 aromatic carbocycles. The van der Waals surface area contributed by atoms with Crippen molar-refractivity contribution in [2.24, 2.45) is 0 Å². The monoisotopic (exact) mass is 357 g/mol. The number of carbonyl (C=O) groups is 2. The maximum atomic E-state index is 12.5. The molecule has 3 rings (SSSR count). The van der Waals surface area contributed by atoms with Crippen molar-refractivity contribution in [2.45, 2.75) is 39.3 Å². The lowest BCUT2D eigenvalue weighted by molar-refractivity contribution is -0.129. The molecular formula is C19H25N4O3+. The van der Waals surface area contributed by atoms with Gasteiger partial charge in [0, 0.05) is 42.6 Å². The van der Waals surface area contributed by atoms with Crippen LogP contribution < -0.4 is 4.48 Å². The molecule has 0 saturated heterocycles. The molecule has 138 valence electrons. The number of quaternary nitrogens is 1. The second kappa shape index (κ2) is 6.57. The third-order valence-electron chi connectivity index (χ3n) is 5.72. The van der Waals surface area contributed by atoms with Gasteiger partial charge < -0.3 is 15.0 Å². The molecule has 7 heteroatoms. The van der Waals surface area contributed by atoms with Gasteiger partial charge in [0.1, 0.15) is 11.5 Å². The average Bonchev–Trinajstić information content (AvgIpc) is 3.13. The summed E-state index contributed by atoms with van der Waals surface area (Å²) in [6.07, 6.45) is 3.07. The van der Waals surface area contributed by atoms with Crippen molar-refractivity contribution in [1.29, 1.82) is 0 Å². The average molecular weight is 357 g/mol. The lowest BCUT2D eigenvalue weighted by atomic mass is 9.87. The molecular weight excluding hydrogens is 332 g/mol. The van der Waals surface area contributed by atoms with E-state index < -0.39 is 6.09 Å². The number of aromatic nitrogens is 2. The van der Waals surface area contributed by atoms with E-state index in [0.29, 0.717) is 13.0 Å². The minimum atomic E-state index is -0.946. The highest BCUT2D eigenvalue weighted by molar-refractivity contribution is 5.89. The molecule has 2 amide bonds. The Labute approximate surface area is 152 Å². The highest BCUT2D eigenvalue weighted by Gasteiger charge is 2.47. The minimum absolute atomic E-state index is 0.0205. The van der Waals surface area contributed by atoms with Crippen molar-refractivity contribution in [2.75, 3.05) is 13.6 Å². The molecule has 26 heavy (non-hydrogen) atoms. The van der Waals surface area contributed by atoms with Crippen molar-refractivity contribution in [3.8, 4) is 11.4 Å². The summed E-state index contributed by atoms with van der Waals surface area (Å²) >= 11 is 0. The van der Waals surface area contributed by atoms with E-state index in [1.165, 1.54) is 4.90 Å². The van der Waals surface area contributed by atoms with Gasteiger partial charge >= 0.3 is 12.0 Å². The van der Waals surface area contributed by atoms with Crippen molar-refractivity contribution in [3.05, 3.63) is 36.2 Å². The summed E-state index contributed by atoms with van der Waals surface area (Å²) in [6.45, 7) is 5.83. The van der Waals surface area contributed by atoms with Crippen molar-refractivity contribution >= 4 is 17.7 Å². The van der Waals surface area contributed by atoms with Crippen molar-refractivity contribution in [3.63, 3.8) is 0 Å². The zero-order valence-corrected chi connectivity index (χ0v) is 15.6. The minimum Gasteiger partial charge on any atom is -0.465 e.